The van der Waals surface area contributed by atoms with Gasteiger partial charge < -0.3 is 0 Å². The number of hydrogen-bond acceptors (Lipinski definition) is 0. The van der Waals surface area contributed by atoms with Gasteiger partial charge in [0.15, 0.2) is 0 Å². The molecular formula is C23H26. The molecule has 0 nitrogen and oxygen atoms in total. The zero-order chi connectivity index (χ0) is 15.6. The van der Waals surface area contributed by atoms with Crippen LogP contribution in [0.4, 0.5) is 0 Å². The number of rotatable bonds is 1. The maximum absolute atomic E-state index is 2.54. The lowest BCUT2D eigenvalue weighted by molar-refractivity contribution is 0.195. The van der Waals surface area contributed by atoms with Crippen molar-refractivity contribution < 1.29 is 0 Å². The van der Waals surface area contributed by atoms with Gasteiger partial charge in [-0.15, -0.1) is 0 Å². The number of benzene rings is 2. The molecule has 0 aliphatic heterocycles. The van der Waals surface area contributed by atoms with Crippen LogP contribution < -0.4 is 0 Å². The third-order valence-electron chi connectivity index (χ3n) is 6.91. The second-order valence-corrected chi connectivity index (χ2v) is 8.61. The molecule has 0 heterocycles. The third-order valence-corrected chi connectivity index (χ3v) is 6.91. The number of fused-ring (bicyclic) bond motifs is 5. The van der Waals surface area contributed by atoms with Gasteiger partial charge in [-0.05, 0) is 82.7 Å². The molecule has 1 saturated carbocycles. The molecule has 0 N–H and O–H groups in total. The SMILES string of the molecule is CC(C)c1ccc2cc3c(cc2c1)CCC1(C3)CC2C=CC1C2. The predicted molar refractivity (Wildman–Crippen MR) is 97.8 cm³/mol. The first-order valence-corrected chi connectivity index (χ1v) is 9.37. The van der Waals surface area contributed by atoms with Crippen molar-refractivity contribution in [2.45, 2.75) is 51.9 Å². The van der Waals surface area contributed by atoms with Crippen LogP contribution in [0, 0.1) is 17.3 Å². The zero-order valence-electron chi connectivity index (χ0n) is 14.3. The second kappa shape index (κ2) is 4.72. The highest BCUT2D eigenvalue weighted by Gasteiger charge is 2.49. The molecule has 3 aliphatic rings. The van der Waals surface area contributed by atoms with Crippen molar-refractivity contribution in [3.8, 4) is 0 Å². The quantitative estimate of drug-likeness (QED) is 0.564. The van der Waals surface area contributed by atoms with Crippen molar-refractivity contribution in [3.05, 3.63) is 59.2 Å². The molecule has 0 radical (unpaired) electrons. The van der Waals surface area contributed by atoms with Crippen molar-refractivity contribution in [1.29, 1.82) is 0 Å². The predicted octanol–water partition coefficient (Wildman–Crippen LogP) is 6.03. The largest absolute Gasteiger partial charge is 0.0851 e. The first-order chi connectivity index (χ1) is 11.1. The van der Waals surface area contributed by atoms with E-state index in [4.69, 9.17) is 0 Å². The summed E-state index contributed by atoms with van der Waals surface area (Å²) < 4.78 is 0. The van der Waals surface area contributed by atoms with Crippen LogP contribution in [-0.4, -0.2) is 0 Å². The minimum atomic E-state index is 0.595. The fraction of sp³-hybridized carbons (Fsp3) is 0.478. The van der Waals surface area contributed by atoms with Gasteiger partial charge in [-0.3, -0.25) is 0 Å². The van der Waals surface area contributed by atoms with Crippen LogP contribution in [0.5, 0.6) is 0 Å². The van der Waals surface area contributed by atoms with E-state index in [2.05, 4.69) is 56.3 Å². The molecule has 2 aromatic carbocycles. The van der Waals surface area contributed by atoms with Crippen LogP contribution >= 0.6 is 0 Å². The summed E-state index contributed by atoms with van der Waals surface area (Å²) in [6.45, 7) is 4.57. The van der Waals surface area contributed by atoms with Crippen LogP contribution in [0.3, 0.4) is 0 Å². The van der Waals surface area contributed by atoms with Crippen molar-refractivity contribution >= 4 is 10.8 Å². The summed E-state index contributed by atoms with van der Waals surface area (Å²) in [5, 5.41) is 2.88. The summed E-state index contributed by atoms with van der Waals surface area (Å²) in [6.07, 6.45) is 11.9. The lowest BCUT2D eigenvalue weighted by Gasteiger charge is -2.40. The minimum absolute atomic E-state index is 0.595. The Morgan fingerprint density at radius 3 is 2.61 bits per heavy atom. The van der Waals surface area contributed by atoms with E-state index in [0.29, 0.717) is 11.3 Å². The first-order valence-electron chi connectivity index (χ1n) is 9.37. The Bertz CT molecular complexity index is 810. The fourth-order valence-electron chi connectivity index (χ4n) is 5.56. The van der Waals surface area contributed by atoms with E-state index in [9.17, 15) is 0 Å². The zero-order valence-corrected chi connectivity index (χ0v) is 14.3. The molecule has 118 valence electrons. The Kier molecular flexibility index (Phi) is 2.84. The fourth-order valence-corrected chi connectivity index (χ4v) is 5.56. The Morgan fingerprint density at radius 2 is 1.87 bits per heavy atom. The summed E-state index contributed by atoms with van der Waals surface area (Å²) >= 11 is 0. The Hall–Kier alpha value is -1.56. The van der Waals surface area contributed by atoms with Gasteiger partial charge in [-0.2, -0.15) is 0 Å². The van der Waals surface area contributed by atoms with Crippen molar-refractivity contribution in [2.75, 3.05) is 0 Å². The molecular weight excluding hydrogens is 276 g/mol. The first kappa shape index (κ1) is 13.8. The van der Waals surface area contributed by atoms with Crippen LogP contribution in [0.25, 0.3) is 10.8 Å². The lowest BCUT2D eigenvalue weighted by Crippen LogP contribution is -2.32. The van der Waals surface area contributed by atoms with Crippen LogP contribution in [-0.2, 0) is 12.8 Å². The molecule has 0 amide bonds. The molecule has 1 fully saturated rings. The van der Waals surface area contributed by atoms with Crippen LogP contribution in [0.2, 0.25) is 0 Å². The summed E-state index contributed by atoms with van der Waals surface area (Å²) in [5.41, 5.74) is 5.32. The van der Waals surface area contributed by atoms with E-state index >= 15 is 0 Å². The number of aryl methyl sites for hydroxylation is 1. The van der Waals surface area contributed by atoms with Gasteiger partial charge in [-0.25, -0.2) is 0 Å². The maximum atomic E-state index is 2.54. The van der Waals surface area contributed by atoms with Crippen molar-refractivity contribution in [2.24, 2.45) is 17.3 Å². The molecule has 3 unspecified atom stereocenters. The maximum Gasteiger partial charge on any atom is -0.0168 e. The normalized spacial score (nSPS) is 31.4. The van der Waals surface area contributed by atoms with Gasteiger partial charge in [0.05, 0.1) is 0 Å². The van der Waals surface area contributed by atoms with E-state index in [0.717, 1.165) is 11.8 Å². The molecule has 2 bridgehead atoms. The molecule has 2 aromatic rings. The van der Waals surface area contributed by atoms with Gasteiger partial charge in [-0.1, -0.05) is 56.3 Å². The summed E-state index contributed by atoms with van der Waals surface area (Å²) in [7, 11) is 0. The average molecular weight is 302 g/mol. The molecule has 0 aromatic heterocycles. The van der Waals surface area contributed by atoms with Gasteiger partial charge in [0.25, 0.3) is 0 Å². The van der Waals surface area contributed by atoms with E-state index in [1.807, 2.05) is 0 Å². The summed E-state index contributed by atoms with van der Waals surface area (Å²) in [6, 6.07) is 12.1. The van der Waals surface area contributed by atoms with Crippen LogP contribution in [0.1, 0.15) is 55.7 Å². The molecule has 5 rings (SSSR count). The molecule has 0 saturated heterocycles. The Balaban J connectivity index is 1.56. The summed E-state index contributed by atoms with van der Waals surface area (Å²) in [4.78, 5) is 0. The van der Waals surface area contributed by atoms with Crippen LogP contribution in [0.15, 0.2) is 42.5 Å². The Morgan fingerprint density at radius 1 is 1.00 bits per heavy atom. The number of allylic oxidation sites excluding steroid dienone is 2. The second-order valence-electron chi connectivity index (χ2n) is 8.61. The monoisotopic (exact) mass is 302 g/mol. The lowest BCUT2D eigenvalue weighted by atomic mass is 9.64. The molecule has 0 heteroatoms. The van der Waals surface area contributed by atoms with E-state index in [1.165, 1.54) is 48.4 Å². The third kappa shape index (κ3) is 2.04. The molecule has 3 atom stereocenters. The van der Waals surface area contributed by atoms with Crippen molar-refractivity contribution in [3.63, 3.8) is 0 Å². The van der Waals surface area contributed by atoms with Gasteiger partial charge in [0, 0.05) is 0 Å². The summed E-state index contributed by atoms with van der Waals surface area (Å²) in [5.74, 6) is 2.36. The Labute approximate surface area is 139 Å². The van der Waals surface area contributed by atoms with Gasteiger partial charge >= 0.3 is 0 Å². The smallest absolute Gasteiger partial charge is 0.0168 e. The molecule has 1 spiro atoms. The topological polar surface area (TPSA) is 0 Å². The van der Waals surface area contributed by atoms with Gasteiger partial charge in [0.2, 0.25) is 0 Å². The van der Waals surface area contributed by atoms with Crippen molar-refractivity contribution in [1.82, 2.24) is 0 Å². The number of hydrogen-bond donors (Lipinski definition) is 0. The highest BCUT2D eigenvalue weighted by molar-refractivity contribution is 5.85. The van der Waals surface area contributed by atoms with E-state index in [-0.39, 0.29) is 0 Å². The molecule has 3 aliphatic carbocycles. The highest BCUT2D eigenvalue weighted by atomic mass is 14.5. The van der Waals surface area contributed by atoms with Gasteiger partial charge in [0.1, 0.15) is 0 Å². The standard InChI is InChI=1S/C23H26/c1-15(2)17-4-5-18-12-21-14-23(13-16-3-6-22(23)9-16)8-7-19(21)11-20(18)10-17/h3-6,10-12,15-16,22H,7-9,13-14H2,1-2H3. The average Bonchev–Trinajstić information content (AvgIpc) is 3.13. The minimum Gasteiger partial charge on any atom is -0.0851 e. The van der Waals surface area contributed by atoms with E-state index < -0.39 is 0 Å². The van der Waals surface area contributed by atoms with E-state index in [1.54, 1.807) is 11.1 Å². The molecule has 23 heavy (non-hydrogen) atoms. The highest BCUT2D eigenvalue weighted by Crippen LogP contribution is 2.57.